The van der Waals surface area contributed by atoms with Crippen LogP contribution in [0.5, 0.6) is 0 Å². The summed E-state index contributed by atoms with van der Waals surface area (Å²) in [6.45, 7) is 4.33. The van der Waals surface area contributed by atoms with Crippen molar-refractivity contribution >= 4 is 16.8 Å². The molecule has 0 aliphatic carbocycles. The van der Waals surface area contributed by atoms with E-state index >= 15 is 0 Å². The third kappa shape index (κ3) is 2.77. The zero-order valence-corrected chi connectivity index (χ0v) is 14.1. The highest BCUT2D eigenvalue weighted by Crippen LogP contribution is 2.34. The summed E-state index contributed by atoms with van der Waals surface area (Å²) in [4.78, 5) is 19.4. The van der Waals surface area contributed by atoms with Crippen LogP contribution in [-0.4, -0.2) is 27.5 Å². The molecule has 1 aliphatic rings. The molecule has 1 fully saturated rings. The first-order chi connectivity index (χ1) is 12.0. The number of likely N-dealkylation sites (tertiary alicyclic amines) is 1. The maximum Gasteiger partial charge on any atom is 0.255 e. The molecule has 1 atom stereocenters. The van der Waals surface area contributed by atoms with Crippen molar-refractivity contribution in [1.82, 2.24) is 15.0 Å². The van der Waals surface area contributed by atoms with Gasteiger partial charge in [0.25, 0.3) is 5.91 Å². The Hall–Kier alpha value is -2.76. The van der Waals surface area contributed by atoms with Crippen molar-refractivity contribution in [2.24, 2.45) is 0 Å². The van der Waals surface area contributed by atoms with E-state index in [2.05, 4.69) is 10.1 Å². The van der Waals surface area contributed by atoms with Crippen LogP contribution in [0.4, 0.5) is 4.39 Å². The Morgan fingerprint density at radius 1 is 1.24 bits per heavy atom. The number of hydrogen-bond acceptors (Lipinski definition) is 4. The molecule has 0 radical (unpaired) electrons. The SMILES string of the molecule is Cc1cc(C2CCCN2C(=O)c2cc(C)nc3cc(F)ccc23)on1. The van der Waals surface area contributed by atoms with Crippen LogP contribution in [0.1, 0.15) is 46.4 Å². The molecule has 1 aromatic carbocycles. The van der Waals surface area contributed by atoms with Gasteiger partial charge in [-0.25, -0.2) is 4.39 Å². The molecule has 5 nitrogen and oxygen atoms in total. The molecule has 25 heavy (non-hydrogen) atoms. The van der Waals surface area contributed by atoms with E-state index in [-0.39, 0.29) is 17.8 Å². The summed E-state index contributed by atoms with van der Waals surface area (Å²) in [6, 6.07) is 7.87. The number of pyridine rings is 1. The van der Waals surface area contributed by atoms with E-state index < -0.39 is 0 Å². The highest BCUT2D eigenvalue weighted by molar-refractivity contribution is 6.06. The molecule has 1 amide bonds. The zero-order chi connectivity index (χ0) is 17.6. The summed E-state index contributed by atoms with van der Waals surface area (Å²) in [6.07, 6.45) is 1.75. The van der Waals surface area contributed by atoms with Gasteiger partial charge in [0, 0.05) is 29.8 Å². The third-order valence-corrected chi connectivity index (χ3v) is 4.62. The van der Waals surface area contributed by atoms with Crippen LogP contribution in [0.2, 0.25) is 0 Å². The molecular formula is C19H18FN3O2. The summed E-state index contributed by atoms with van der Waals surface area (Å²) in [7, 11) is 0. The van der Waals surface area contributed by atoms with Crippen molar-refractivity contribution in [3.05, 3.63) is 58.9 Å². The van der Waals surface area contributed by atoms with Crippen molar-refractivity contribution < 1.29 is 13.7 Å². The van der Waals surface area contributed by atoms with E-state index in [1.54, 1.807) is 12.1 Å². The minimum absolute atomic E-state index is 0.0846. The second-order valence-corrected chi connectivity index (χ2v) is 6.50. The summed E-state index contributed by atoms with van der Waals surface area (Å²) in [5.74, 6) is 0.267. The summed E-state index contributed by atoms with van der Waals surface area (Å²) < 4.78 is 18.9. The summed E-state index contributed by atoms with van der Waals surface area (Å²) in [5.41, 5.74) is 2.53. The first-order valence-electron chi connectivity index (χ1n) is 8.34. The van der Waals surface area contributed by atoms with Gasteiger partial charge < -0.3 is 9.42 Å². The van der Waals surface area contributed by atoms with Gasteiger partial charge in [0.1, 0.15) is 5.82 Å². The first kappa shape index (κ1) is 15.7. The molecule has 1 saturated heterocycles. The van der Waals surface area contributed by atoms with E-state index in [1.165, 1.54) is 12.1 Å². The van der Waals surface area contributed by atoms with Crippen LogP contribution in [-0.2, 0) is 0 Å². The van der Waals surface area contributed by atoms with Crippen molar-refractivity contribution in [3.63, 3.8) is 0 Å². The van der Waals surface area contributed by atoms with Crippen molar-refractivity contribution in [3.8, 4) is 0 Å². The number of carbonyl (C=O) groups excluding carboxylic acids is 1. The zero-order valence-electron chi connectivity index (χ0n) is 14.1. The Bertz CT molecular complexity index is 961. The maximum atomic E-state index is 13.5. The normalized spacial score (nSPS) is 17.4. The molecule has 2 aromatic heterocycles. The number of nitrogens with zero attached hydrogens (tertiary/aromatic N) is 3. The number of fused-ring (bicyclic) bond motifs is 1. The predicted molar refractivity (Wildman–Crippen MR) is 90.7 cm³/mol. The predicted octanol–water partition coefficient (Wildman–Crippen LogP) is 3.96. The van der Waals surface area contributed by atoms with Gasteiger partial charge in [0.05, 0.1) is 22.8 Å². The molecule has 1 unspecified atom stereocenters. The first-order valence-corrected chi connectivity index (χ1v) is 8.34. The van der Waals surface area contributed by atoms with Gasteiger partial charge in [-0.05, 0) is 44.9 Å². The highest BCUT2D eigenvalue weighted by atomic mass is 19.1. The van der Waals surface area contributed by atoms with Crippen molar-refractivity contribution in [2.45, 2.75) is 32.7 Å². The minimum atomic E-state index is -0.361. The molecule has 3 heterocycles. The van der Waals surface area contributed by atoms with E-state index in [0.717, 1.165) is 18.5 Å². The number of amides is 1. The average Bonchev–Trinajstić information content (AvgIpc) is 3.21. The molecule has 1 aliphatic heterocycles. The number of rotatable bonds is 2. The quantitative estimate of drug-likeness (QED) is 0.709. The van der Waals surface area contributed by atoms with Gasteiger partial charge in [0.2, 0.25) is 0 Å². The molecule has 0 spiro atoms. The van der Waals surface area contributed by atoms with Crippen LogP contribution >= 0.6 is 0 Å². The lowest BCUT2D eigenvalue weighted by atomic mass is 10.1. The maximum absolute atomic E-state index is 13.5. The lowest BCUT2D eigenvalue weighted by Gasteiger charge is -2.23. The lowest BCUT2D eigenvalue weighted by molar-refractivity contribution is 0.0716. The molecule has 0 saturated carbocycles. The molecule has 6 heteroatoms. The Morgan fingerprint density at radius 3 is 2.84 bits per heavy atom. The number of carbonyl (C=O) groups is 1. The van der Waals surface area contributed by atoms with E-state index in [0.29, 0.717) is 34.5 Å². The number of benzene rings is 1. The van der Waals surface area contributed by atoms with Gasteiger partial charge >= 0.3 is 0 Å². The van der Waals surface area contributed by atoms with E-state index in [9.17, 15) is 9.18 Å². The van der Waals surface area contributed by atoms with Crippen LogP contribution in [0.25, 0.3) is 10.9 Å². The Labute approximate surface area is 144 Å². The minimum Gasteiger partial charge on any atom is -0.359 e. The van der Waals surface area contributed by atoms with Crippen LogP contribution in [0.3, 0.4) is 0 Å². The van der Waals surface area contributed by atoms with Gasteiger partial charge in [-0.1, -0.05) is 5.16 Å². The fourth-order valence-electron chi connectivity index (χ4n) is 3.51. The third-order valence-electron chi connectivity index (χ3n) is 4.62. The smallest absolute Gasteiger partial charge is 0.255 e. The fraction of sp³-hybridized carbons (Fsp3) is 0.316. The Morgan fingerprint density at radius 2 is 2.08 bits per heavy atom. The van der Waals surface area contributed by atoms with Crippen LogP contribution in [0.15, 0.2) is 34.9 Å². The van der Waals surface area contributed by atoms with Crippen LogP contribution in [0, 0.1) is 19.7 Å². The van der Waals surface area contributed by atoms with E-state index in [4.69, 9.17) is 4.52 Å². The number of hydrogen-bond donors (Lipinski definition) is 0. The van der Waals surface area contributed by atoms with Gasteiger partial charge in [0.15, 0.2) is 5.76 Å². The second-order valence-electron chi connectivity index (χ2n) is 6.50. The lowest BCUT2D eigenvalue weighted by Crippen LogP contribution is -2.30. The van der Waals surface area contributed by atoms with Gasteiger partial charge in [-0.3, -0.25) is 9.78 Å². The Balaban J connectivity index is 1.76. The standard InChI is InChI=1S/C19H18FN3O2/c1-11-8-15(14-6-5-13(20)10-16(14)21-11)19(24)23-7-3-4-17(23)18-9-12(2)22-25-18/h5-6,8-10,17H,3-4,7H2,1-2H3. The molecule has 0 N–H and O–H groups in total. The second kappa shape index (κ2) is 5.95. The molecular weight excluding hydrogens is 321 g/mol. The summed E-state index contributed by atoms with van der Waals surface area (Å²) in [5, 5.41) is 4.60. The average molecular weight is 339 g/mol. The molecule has 3 aromatic rings. The number of halogens is 1. The highest BCUT2D eigenvalue weighted by Gasteiger charge is 2.34. The fourth-order valence-corrected chi connectivity index (χ4v) is 3.51. The Kier molecular flexibility index (Phi) is 3.75. The van der Waals surface area contributed by atoms with Crippen molar-refractivity contribution in [1.29, 1.82) is 0 Å². The number of aromatic nitrogens is 2. The van der Waals surface area contributed by atoms with Gasteiger partial charge in [-0.15, -0.1) is 0 Å². The molecule has 0 bridgehead atoms. The monoisotopic (exact) mass is 339 g/mol. The summed E-state index contributed by atoms with van der Waals surface area (Å²) >= 11 is 0. The number of aryl methyl sites for hydroxylation is 2. The van der Waals surface area contributed by atoms with E-state index in [1.807, 2.05) is 24.8 Å². The molecule has 4 rings (SSSR count). The topological polar surface area (TPSA) is 59.2 Å². The molecule has 128 valence electrons. The van der Waals surface area contributed by atoms with Crippen molar-refractivity contribution in [2.75, 3.05) is 6.54 Å². The largest absolute Gasteiger partial charge is 0.359 e. The van der Waals surface area contributed by atoms with Crippen LogP contribution < -0.4 is 0 Å². The van der Waals surface area contributed by atoms with Gasteiger partial charge in [-0.2, -0.15) is 0 Å².